The lowest BCUT2D eigenvalue weighted by Gasteiger charge is -2.37. The number of aryl methyl sites for hydroxylation is 1. The van der Waals surface area contributed by atoms with Crippen LogP contribution < -0.4 is 4.90 Å². The Morgan fingerprint density at radius 3 is 2.70 bits per heavy atom. The van der Waals surface area contributed by atoms with Crippen molar-refractivity contribution in [3.8, 4) is 0 Å². The smallest absolute Gasteiger partial charge is 0.225 e. The molecule has 0 spiro atoms. The van der Waals surface area contributed by atoms with Crippen LogP contribution in [0.3, 0.4) is 0 Å². The van der Waals surface area contributed by atoms with E-state index in [1.54, 1.807) is 0 Å². The molecule has 7 heteroatoms. The molecule has 5 heterocycles. The van der Waals surface area contributed by atoms with Crippen LogP contribution >= 0.6 is 0 Å². The van der Waals surface area contributed by atoms with Gasteiger partial charge in [0, 0.05) is 48.9 Å². The number of carbonyl (C=O) groups is 1. The van der Waals surface area contributed by atoms with Gasteiger partial charge in [-0.25, -0.2) is 9.97 Å². The number of amides is 1. The van der Waals surface area contributed by atoms with Gasteiger partial charge in [-0.3, -0.25) is 9.78 Å². The molecule has 0 aromatic carbocycles. The number of hydrogen-bond acceptors (Lipinski definition) is 6. The second kappa shape index (κ2) is 9.75. The SMILES string of the molecule is Cc1nc([C@@H]2CCCN(C(=O)C3CCN(C)CC3)C2)nc2c1CCCN2Cc1ccccn1. The summed E-state index contributed by atoms with van der Waals surface area (Å²) >= 11 is 0. The summed E-state index contributed by atoms with van der Waals surface area (Å²) in [5, 5.41) is 0. The summed E-state index contributed by atoms with van der Waals surface area (Å²) in [5.74, 6) is 2.74. The van der Waals surface area contributed by atoms with E-state index in [4.69, 9.17) is 9.97 Å². The van der Waals surface area contributed by atoms with Crippen molar-refractivity contribution in [1.29, 1.82) is 0 Å². The highest BCUT2D eigenvalue weighted by atomic mass is 16.2. The van der Waals surface area contributed by atoms with Crippen molar-refractivity contribution in [1.82, 2.24) is 24.8 Å². The standard InChI is InChI=1S/C26H36N6O/c1-19-23-9-6-13-31(18-22-8-3-4-12-27-22)25(23)29-24(28-19)21-7-5-14-32(17-21)26(33)20-10-15-30(2)16-11-20/h3-4,8,12,20-21H,5-7,9-11,13-18H2,1-2H3/t21-/m1/s1. The Balaban J connectivity index is 1.34. The monoisotopic (exact) mass is 448 g/mol. The van der Waals surface area contributed by atoms with E-state index in [-0.39, 0.29) is 11.8 Å². The first-order valence-corrected chi connectivity index (χ1v) is 12.6. The van der Waals surface area contributed by atoms with Gasteiger partial charge in [-0.2, -0.15) is 0 Å². The molecular weight excluding hydrogens is 412 g/mol. The molecule has 5 rings (SSSR count). The molecule has 176 valence electrons. The maximum absolute atomic E-state index is 13.2. The van der Waals surface area contributed by atoms with Gasteiger partial charge in [0.25, 0.3) is 0 Å². The molecule has 2 saturated heterocycles. The van der Waals surface area contributed by atoms with Crippen LogP contribution in [0.4, 0.5) is 5.82 Å². The number of likely N-dealkylation sites (tertiary alicyclic amines) is 2. The predicted octanol–water partition coefficient (Wildman–Crippen LogP) is 3.18. The molecule has 3 aliphatic heterocycles. The molecule has 2 aromatic heterocycles. The van der Waals surface area contributed by atoms with E-state index < -0.39 is 0 Å². The molecule has 0 unspecified atom stereocenters. The van der Waals surface area contributed by atoms with Crippen molar-refractivity contribution in [3.63, 3.8) is 0 Å². The van der Waals surface area contributed by atoms with E-state index in [9.17, 15) is 4.79 Å². The van der Waals surface area contributed by atoms with Gasteiger partial charge < -0.3 is 14.7 Å². The van der Waals surface area contributed by atoms with E-state index in [0.29, 0.717) is 5.91 Å². The topological polar surface area (TPSA) is 65.5 Å². The normalized spacial score (nSPS) is 22.3. The molecule has 0 bridgehead atoms. The number of aromatic nitrogens is 3. The molecule has 1 amide bonds. The lowest BCUT2D eigenvalue weighted by molar-refractivity contribution is -0.138. The first kappa shape index (κ1) is 22.3. The van der Waals surface area contributed by atoms with E-state index in [1.807, 2.05) is 18.3 Å². The number of piperidine rings is 2. The quantitative estimate of drug-likeness (QED) is 0.716. The fourth-order valence-corrected chi connectivity index (χ4v) is 5.63. The lowest BCUT2D eigenvalue weighted by Crippen LogP contribution is -2.45. The zero-order valence-electron chi connectivity index (χ0n) is 20.0. The van der Waals surface area contributed by atoms with Crippen LogP contribution in [0.1, 0.15) is 60.8 Å². The summed E-state index contributed by atoms with van der Waals surface area (Å²) in [5.41, 5.74) is 3.44. The van der Waals surface area contributed by atoms with Crippen molar-refractivity contribution in [3.05, 3.63) is 47.2 Å². The fourth-order valence-electron chi connectivity index (χ4n) is 5.63. The summed E-state index contributed by atoms with van der Waals surface area (Å²) in [6.07, 6.45) is 8.04. The Morgan fingerprint density at radius 1 is 1.06 bits per heavy atom. The van der Waals surface area contributed by atoms with E-state index >= 15 is 0 Å². The molecule has 33 heavy (non-hydrogen) atoms. The van der Waals surface area contributed by atoms with Gasteiger partial charge >= 0.3 is 0 Å². The molecule has 2 aromatic rings. The number of nitrogens with zero attached hydrogens (tertiary/aromatic N) is 6. The van der Waals surface area contributed by atoms with Gasteiger partial charge in [0.05, 0.1) is 12.2 Å². The van der Waals surface area contributed by atoms with Crippen LogP contribution in [-0.2, 0) is 17.8 Å². The Morgan fingerprint density at radius 2 is 1.91 bits per heavy atom. The second-order valence-electron chi connectivity index (χ2n) is 10.0. The summed E-state index contributed by atoms with van der Waals surface area (Å²) in [7, 11) is 2.14. The molecule has 0 aliphatic carbocycles. The van der Waals surface area contributed by atoms with Crippen molar-refractivity contribution in [2.75, 3.05) is 44.7 Å². The predicted molar refractivity (Wildman–Crippen MR) is 129 cm³/mol. The minimum atomic E-state index is 0.181. The number of pyridine rings is 1. The summed E-state index contributed by atoms with van der Waals surface area (Å²) < 4.78 is 0. The largest absolute Gasteiger partial charge is 0.350 e. The van der Waals surface area contributed by atoms with Gasteiger partial charge in [-0.05, 0) is 77.7 Å². The molecule has 0 radical (unpaired) electrons. The number of rotatable bonds is 4. The fraction of sp³-hybridized carbons (Fsp3) is 0.615. The Bertz CT molecular complexity index is 972. The molecule has 0 N–H and O–H groups in total. The summed E-state index contributed by atoms with van der Waals surface area (Å²) in [4.78, 5) is 34.7. The van der Waals surface area contributed by atoms with Crippen molar-refractivity contribution < 1.29 is 4.79 Å². The Hall–Kier alpha value is -2.54. The Kier molecular flexibility index (Phi) is 6.58. The first-order valence-electron chi connectivity index (χ1n) is 12.6. The van der Waals surface area contributed by atoms with Crippen molar-refractivity contribution in [2.45, 2.75) is 57.9 Å². The average Bonchev–Trinajstić information content (AvgIpc) is 2.85. The van der Waals surface area contributed by atoms with Gasteiger partial charge in [0.15, 0.2) is 0 Å². The Labute approximate surface area is 197 Å². The third-order valence-corrected chi connectivity index (χ3v) is 7.61. The third kappa shape index (κ3) is 4.88. The molecule has 0 saturated carbocycles. The zero-order valence-corrected chi connectivity index (χ0v) is 20.0. The summed E-state index contributed by atoms with van der Waals surface area (Å²) in [6.45, 7) is 7.55. The highest BCUT2D eigenvalue weighted by Gasteiger charge is 2.33. The van der Waals surface area contributed by atoms with Crippen molar-refractivity contribution in [2.24, 2.45) is 5.92 Å². The molecule has 1 atom stereocenters. The van der Waals surface area contributed by atoms with Gasteiger partial charge in [0.1, 0.15) is 11.6 Å². The van der Waals surface area contributed by atoms with Crippen LogP contribution in [0.5, 0.6) is 0 Å². The minimum Gasteiger partial charge on any atom is -0.350 e. The van der Waals surface area contributed by atoms with Gasteiger partial charge in [0.2, 0.25) is 5.91 Å². The van der Waals surface area contributed by atoms with E-state index in [1.165, 1.54) is 5.56 Å². The van der Waals surface area contributed by atoms with Crippen LogP contribution in [0.15, 0.2) is 24.4 Å². The third-order valence-electron chi connectivity index (χ3n) is 7.61. The first-order chi connectivity index (χ1) is 16.1. The average molecular weight is 449 g/mol. The lowest BCUT2D eigenvalue weighted by atomic mass is 9.92. The number of hydrogen-bond donors (Lipinski definition) is 0. The molecule has 7 nitrogen and oxygen atoms in total. The highest BCUT2D eigenvalue weighted by Crippen LogP contribution is 2.33. The highest BCUT2D eigenvalue weighted by molar-refractivity contribution is 5.79. The zero-order chi connectivity index (χ0) is 22.8. The maximum atomic E-state index is 13.2. The van der Waals surface area contributed by atoms with Gasteiger partial charge in [-0.15, -0.1) is 0 Å². The van der Waals surface area contributed by atoms with Crippen LogP contribution in [0, 0.1) is 12.8 Å². The molecular formula is C26H36N6O. The molecule has 2 fully saturated rings. The number of carbonyl (C=O) groups excluding carboxylic acids is 1. The molecule has 3 aliphatic rings. The summed E-state index contributed by atoms with van der Waals surface area (Å²) in [6, 6.07) is 6.08. The van der Waals surface area contributed by atoms with E-state index in [0.717, 1.165) is 101 Å². The number of fused-ring (bicyclic) bond motifs is 1. The second-order valence-corrected chi connectivity index (χ2v) is 10.0. The number of anilines is 1. The minimum absolute atomic E-state index is 0.181. The van der Waals surface area contributed by atoms with Crippen LogP contribution in [0.25, 0.3) is 0 Å². The van der Waals surface area contributed by atoms with Crippen molar-refractivity contribution >= 4 is 11.7 Å². The van der Waals surface area contributed by atoms with E-state index in [2.05, 4.69) is 39.7 Å². The maximum Gasteiger partial charge on any atom is 0.225 e. The van der Waals surface area contributed by atoms with Gasteiger partial charge in [-0.1, -0.05) is 6.07 Å². The van der Waals surface area contributed by atoms with Crippen LogP contribution in [0.2, 0.25) is 0 Å². The van der Waals surface area contributed by atoms with Crippen LogP contribution in [-0.4, -0.2) is 70.4 Å².